The van der Waals surface area contributed by atoms with Gasteiger partial charge in [-0.1, -0.05) is 0 Å². The average molecular weight is 290 g/mol. The molecule has 8 heteroatoms. The van der Waals surface area contributed by atoms with Crippen LogP contribution >= 0.6 is 0 Å². The van der Waals surface area contributed by atoms with Crippen LogP contribution in [-0.4, -0.2) is 26.6 Å². The van der Waals surface area contributed by atoms with Gasteiger partial charge in [0.25, 0.3) is 0 Å². The first-order valence-electron chi connectivity index (χ1n) is 5.54. The molecule has 0 aliphatic carbocycles. The highest BCUT2D eigenvalue weighted by Gasteiger charge is 2.34. The summed E-state index contributed by atoms with van der Waals surface area (Å²) in [6.45, 7) is 0.0534. The third-order valence-corrected chi connectivity index (χ3v) is 3.79. The third kappa shape index (κ3) is 3.19. The Kier molecular flexibility index (Phi) is 3.44. The van der Waals surface area contributed by atoms with Crippen LogP contribution in [0.1, 0.15) is 6.42 Å². The monoisotopic (exact) mass is 290 g/mol. The molecule has 1 unspecified atom stereocenters. The van der Waals surface area contributed by atoms with Crippen LogP contribution in [0.5, 0.6) is 0 Å². The van der Waals surface area contributed by atoms with E-state index in [-0.39, 0.29) is 24.6 Å². The molecule has 1 saturated heterocycles. The first-order chi connectivity index (χ1) is 8.76. The van der Waals surface area contributed by atoms with E-state index >= 15 is 0 Å². The van der Waals surface area contributed by atoms with Gasteiger partial charge in [0.2, 0.25) is 5.91 Å². The molecule has 2 N–H and O–H groups in total. The normalized spacial score (nSPS) is 20.0. The molecule has 1 heterocycles. The Bertz CT molecular complexity index is 618. The van der Waals surface area contributed by atoms with Crippen molar-refractivity contribution in [3.8, 4) is 0 Å². The van der Waals surface area contributed by atoms with Gasteiger partial charge in [0.05, 0.1) is 17.1 Å². The van der Waals surface area contributed by atoms with E-state index < -0.39 is 27.7 Å². The van der Waals surface area contributed by atoms with Crippen molar-refractivity contribution in [2.24, 2.45) is 5.92 Å². The maximum Gasteiger partial charge on any atom is 0.302 e. The van der Waals surface area contributed by atoms with Crippen LogP contribution in [-0.2, 0) is 15.0 Å². The molecule has 1 fully saturated rings. The molecule has 2 rings (SSSR count). The molecule has 1 aliphatic rings. The largest absolute Gasteiger partial charge is 0.397 e. The Morgan fingerprint density at radius 1 is 1.42 bits per heavy atom. The zero-order valence-electron chi connectivity index (χ0n) is 9.84. The number of anilines is 2. The average Bonchev–Trinajstić information content (AvgIpc) is 2.56. The Hall–Kier alpha value is -1.70. The van der Waals surface area contributed by atoms with Crippen LogP contribution in [0.4, 0.5) is 19.7 Å². The fraction of sp³-hybridized carbons (Fsp3) is 0.364. The van der Waals surface area contributed by atoms with Crippen molar-refractivity contribution in [2.75, 3.05) is 22.9 Å². The molecular formula is C11H12F2N2O3S. The summed E-state index contributed by atoms with van der Waals surface area (Å²) in [5.74, 6) is -2.20. The van der Waals surface area contributed by atoms with Crippen molar-refractivity contribution in [2.45, 2.75) is 6.42 Å². The summed E-state index contributed by atoms with van der Waals surface area (Å²) < 4.78 is 46.7. The number of carbonyl (C=O) groups excluding carboxylic acids is 1. The number of nitrogens with zero attached hydrogens (tertiary/aromatic N) is 1. The molecule has 1 amide bonds. The second kappa shape index (κ2) is 4.76. The predicted molar refractivity (Wildman–Crippen MR) is 66.2 cm³/mol. The van der Waals surface area contributed by atoms with E-state index in [9.17, 15) is 21.5 Å². The van der Waals surface area contributed by atoms with E-state index in [2.05, 4.69) is 0 Å². The van der Waals surface area contributed by atoms with Gasteiger partial charge < -0.3 is 10.6 Å². The summed E-state index contributed by atoms with van der Waals surface area (Å²) >= 11 is 0. The van der Waals surface area contributed by atoms with E-state index in [1.54, 1.807) is 0 Å². The van der Waals surface area contributed by atoms with E-state index in [0.717, 1.165) is 12.1 Å². The summed E-state index contributed by atoms with van der Waals surface area (Å²) in [7, 11) is -4.62. The number of carbonyl (C=O) groups is 1. The molecule has 19 heavy (non-hydrogen) atoms. The van der Waals surface area contributed by atoms with Gasteiger partial charge in [0.15, 0.2) is 0 Å². The molecule has 0 radical (unpaired) electrons. The summed E-state index contributed by atoms with van der Waals surface area (Å²) in [4.78, 5) is 13.0. The smallest absolute Gasteiger partial charge is 0.302 e. The topological polar surface area (TPSA) is 80.5 Å². The van der Waals surface area contributed by atoms with Gasteiger partial charge in [0.1, 0.15) is 5.82 Å². The number of hydrogen-bond acceptors (Lipinski definition) is 4. The molecule has 1 atom stereocenters. The van der Waals surface area contributed by atoms with Crippen molar-refractivity contribution in [3.63, 3.8) is 0 Å². The van der Waals surface area contributed by atoms with Crippen molar-refractivity contribution >= 4 is 27.5 Å². The summed E-state index contributed by atoms with van der Waals surface area (Å²) in [5, 5.41) is 0. The first-order valence-corrected chi connectivity index (χ1v) is 7.09. The van der Waals surface area contributed by atoms with Crippen LogP contribution in [0.25, 0.3) is 0 Å². The Morgan fingerprint density at radius 3 is 2.68 bits per heavy atom. The van der Waals surface area contributed by atoms with Gasteiger partial charge >= 0.3 is 10.2 Å². The Morgan fingerprint density at radius 2 is 2.11 bits per heavy atom. The standard InChI is InChI=1S/C11H12F2N2O3S/c12-8-1-2-10(9(14)4-8)15-5-7(3-11(15)16)6-19(13,17)18/h1-2,4,7H,3,5-6,14H2. The minimum absolute atomic E-state index is 0.0534. The number of halogens is 2. The third-order valence-electron chi connectivity index (χ3n) is 2.92. The number of nitrogen functional groups attached to an aromatic ring is 1. The lowest BCUT2D eigenvalue weighted by molar-refractivity contribution is -0.117. The maximum atomic E-state index is 12.9. The van der Waals surface area contributed by atoms with E-state index in [1.807, 2.05) is 0 Å². The highest BCUT2D eigenvalue weighted by atomic mass is 32.3. The lowest BCUT2D eigenvalue weighted by Gasteiger charge is -2.18. The van der Waals surface area contributed by atoms with Gasteiger partial charge in [-0.3, -0.25) is 4.79 Å². The first kappa shape index (κ1) is 13.7. The number of nitrogens with two attached hydrogens (primary N) is 1. The van der Waals surface area contributed by atoms with Gasteiger partial charge in [0, 0.05) is 18.9 Å². The zero-order chi connectivity index (χ0) is 14.2. The Balaban J connectivity index is 2.20. The van der Waals surface area contributed by atoms with E-state index in [0.29, 0.717) is 5.69 Å². The van der Waals surface area contributed by atoms with Crippen LogP contribution in [0, 0.1) is 11.7 Å². The quantitative estimate of drug-likeness (QED) is 0.666. The Labute approximate surface area is 109 Å². The number of hydrogen-bond donors (Lipinski definition) is 1. The molecule has 1 aromatic rings. The molecular weight excluding hydrogens is 278 g/mol. The molecule has 1 aromatic carbocycles. The van der Waals surface area contributed by atoms with Gasteiger partial charge in [-0.05, 0) is 18.2 Å². The van der Waals surface area contributed by atoms with E-state index in [4.69, 9.17) is 5.73 Å². The molecule has 0 aromatic heterocycles. The lowest BCUT2D eigenvalue weighted by atomic mass is 10.1. The maximum absolute atomic E-state index is 12.9. The second-order valence-corrected chi connectivity index (χ2v) is 5.89. The van der Waals surface area contributed by atoms with Gasteiger partial charge in [-0.15, -0.1) is 3.89 Å². The minimum atomic E-state index is -4.62. The van der Waals surface area contributed by atoms with E-state index in [1.165, 1.54) is 11.0 Å². The fourth-order valence-corrected chi connectivity index (χ4v) is 2.97. The van der Waals surface area contributed by atoms with Gasteiger partial charge in [-0.2, -0.15) is 8.42 Å². The number of rotatable bonds is 3. The highest BCUT2D eigenvalue weighted by molar-refractivity contribution is 7.86. The van der Waals surface area contributed by atoms with Crippen LogP contribution in [0.15, 0.2) is 18.2 Å². The van der Waals surface area contributed by atoms with Gasteiger partial charge in [-0.25, -0.2) is 4.39 Å². The molecule has 0 saturated carbocycles. The predicted octanol–water partition coefficient (Wildman–Crippen LogP) is 1.06. The zero-order valence-corrected chi connectivity index (χ0v) is 10.7. The van der Waals surface area contributed by atoms with Crippen molar-refractivity contribution < 1.29 is 21.5 Å². The van der Waals surface area contributed by atoms with Crippen molar-refractivity contribution in [3.05, 3.63) is 24.0 Å². The highest BCUT2D eigenvalue weighted by Crippen LogP contribution is 2.30. The summed E-state index contributed by atoms with van der Waals surface area (Å²) in [5.41, 5.74) is 6.00. The summed E-state index contributed by atoms with van der Waals surface area (Å²) in [6.07, 6.45) is -0.0695. The number of amides is 1. The number of benzene rings is 1. The molecule has 5 nitrogen and oxygen atoms in total. The lowest BCUT2D eigenvalue weighted by Crippen LogP contribution is -2.26. The van der Waals surface area contributed by atoms with Crippen molar-refractivity contribution in [1.29, 1.82) is 0 Å². The molecule has 0 spiro atoms. The molecule has 104 valence electrons. The van der Waals surface area contributed by atoms with Crippen molar-refractivity contribution in [1.82, 2.24) is 0 Å². The summed E-state index contributed by atoms with van der Waals surface area (Å²) in [6, 6.07) is 3.56. The fourth-order valence-electron chi connectivity index (χ4n) is 2.18. The molecule has 1 aliphatic heterocycles. The van der Waals surface area contributed by atoms with Crippen LogP contribution < -0.4 is 10.6 Å². The second-order valence-electron chi connectivity index (χ2n) is 4.48. The SMILES string of the molecule is Nc1cc(F)ccc1N1CC(CS(=O)(=O)F)CC1=O. The molecule has 0 bridgehead atoms. The van der Waals surface area contributed by atoms with Crippen LogP contribution in [0.3, 0.4) is 0 Å². The minimum Gasteiger partial charge on any atom is -0.397 e. The van der Waals surface area contributed by atoms with Crippen LogP contribution in [0.2, 0.25) is 0 Å².